The molecule has 70 heavy (non-hydrogen) atoms. The summed E-state index contributed by atoms with van der Waals surface area (Å²) < 4.78 is 24.3. The molecule has 3 atom stereocenters. The summed E-state index contributed by atoms with van der Waals surface area (Å²) in [5, 5.41) is 23.1. The van der Waals surface area contributed by atoms with Crippen LogP contribution in [-0.4, -0.2) is 90.1 Å². The summed E-state index contributed by atoms with van der Waals surface area (Å²) in [5.74, 6) is 2.85. The average Bonchev–Trinajstić information content (AvgIpc) is 3.98. The van der Waals surface area contributed by atoms with E-state index < -0.39 is 13.7 Å². The first kappa shape index (κ1) is 48.5. The molecule has 1 aliphatic carbocycles. The number of pyridine rings is 1. The monoisotopic (exact) mass is 960 g/mol. The minimum absolute atomic E-state index is 0.199. The van der Waals surface area contributed by atoms with E-state index >= 15 is 0 Å². The van der Waals surface area contributed by atoms with Gasteiger partial charge in [-0.25, -0.2) is 9.48 Å². The molecule has 7 aromatic rings. The van der Waals surface area contributed by atoms with Gasteiger partial charge in [0, 0.05) is 43.3 Å². The number of fused-ring (bicyclic) bond motifs is 2. The van der Waals surface area contributed by atoms with Gasteiger partial charge in [-0.1, -0.05) is 126 Å². The number of nitrogens with one attached hydrogen (secondary N) is 2. The van der Waals surface area contributed by atoms with E-state index in [9.17, 15) is 4.79 Å². The Bertz CT molecular complexity index is 2840. The molecule has 0 saturated carbocycles. The van der Waals surface area contributed by atoms with Crippen molar-refractivity contribution in [2.75, 3.05) is 50.6 Å². The summed E-state index contributed by atoms with van der Waals surface area (Å²) >= 11 is 0. The Labute approximate surface area is 414 Å². The highest BCUT2D eigenvalue weighted by molar-refractivity contribution is 6.99. The number of urea groups is 1. The third kappa shape index (κ3) is 10.2. The number of hydrogen-bond donors (Lipinski definition) is 2. The van der Waals surface area contributed by atoms with Gasteiger partial charge in [-0.15, -0.1) is 10.2 Å². The van der Waals surface area contributed by atoms with Crippen molar-refractivity contribution < 1.29 is 18.7 Å². The standard InChI is InChI=1S/C56H69N9O4Si/c1-40-20-17-18-33-63(40)54-60-59-51-32-29-43(38-64(51)54)69-49-31-30-48(46-27-15-16-28-47(46)49)57-53(66)58-52-37-50(61-65(52)41-21-19-22-42(36-41)67-35-34-62(7)8)56(5,6)39-68-70(55(2,3)4,44-23-11-9-12-24-44)45-25-13-10-14-26-45/h9-16,19,21-29,32,36-38,40,48-49H,17-18,20,30-31,33-35,39H2,1-8H3,(H2,57,58,66)/t40-,48-,49+/m0/s1. The number of amides is 2. The maximum absolute atomic E-state index is 14.4. The first-order valence-electron chi connectivity index (χ1n) is 24.9. The Morgan fingerprint density at radius 3 is 2.20 bits per heavy atom. The molecule has 0 unspecified atom stereocenters. The van der Waals surface area contributed by atoms with Crippen molar-refractivity contribution in [3.63, 3.8) is 0 Å². The fourth-order valence-electron chi connectivity index (χ4n) is 10.2. The largest absolute Gasteiger partial charge is 0.492 e. The van der Waals surface area contributed by atoms with E-state index in [-0.39, 0.29) is 23.2 Å². The number of rotatable bonds is 16. The second-order valence-corrected chi connectivity index (χ2v) is 25.2. The lowest BCUT2D eigenvalue weighted by atomic mass is 9.85. The van der Waals surface area contributed by atoms with Crippen LogP contribution in [0, 0.1) is 0 Å². The van der Waals surface area contributed by atoms with E-state index in [1.54, 1.807) is 4.68 Å². The second kappa shape index (κ2) is 20.5. The number of hydrogen-bond acceptors (Lipinski definition) is 9. The predicted molar refractivity (Wildman–Crippen MR) is 282 cm³/mol. The molecular weight excluding hydrogens is 891 g/mol. The van der Waals surface area contributed by atoms with Crippen molar-refractivity contribution in [2.24, 2.45) is 0 Å². The molecule has 2 N–H and O–H groups in total. The number of piperidine rings is 1. The van der Waals surface area contributed by atoms with Gasteiger partial charge in [-0.05, 0) is 104 Å². The number of ether oxygens (including phenoxy) is 2. The van der Waals surface area contributed by atoms with Crippen LogP contribution >= 0.6 is 0 Å². The maximum atomic E-state index is 14.4. The van der Waals surface area contributed by atoms with Gasteiger partial charge in [-0.2, -0.15) is 5.10 Å². The lowest BCUT2D eigenvalue weighted by Gasteiger charge is -2.44. The van der Waals surface area contributed by atoms with E-state index in [2.05, 4.69) is 149 Å². The molecule has 0 radical (unpaired) electrons. The van der Waals surface area contributed by atoms with Crippen LogP contribution in [0.1, 0.15) is 103 Å². The maximum Gasteiger partial charge on any atom is 0.320 e. The first-order chi connectivity index (χ1) is 33.7. The zero-order chi connectivity index (χ0) is 49.0. The molecule has 2 amide bonds. The van der Waals surface area contributed by atoms with Crippen molar-refractivity contribution in [1.82, 2.24) is 34.6 Å². The Hall–Kier alpha value is -6.48. The lowest BCUT2D eigenvalue weighted by Crippen LogP contribution is -2.67. The van der Waals surface area contributed by atoms with E-state index in [0.717, 1.165) is 71.5 Å². The molecule has 4 aromatic carbocycles. The zero-order valence-corrected chi connectivity index (χ0v) is 43.1. The van der Waals surface area contributed by atoms with Gasteiger partial charge in [-0.3, -0.25) is 9.72 Å². The quantitative estimate of drug-likeness (QED) is 0.0912. The van der Waals surface area contributed by atoms with Gasteiger partial charge in [0.1, 0.15) is 30.0 Å². The molecule has 2 aliphatic rings. The SMILES string of the molecule is C[C@H]1CCCCN1c1nnc2ccc(O[C@@H]3CC[C@H](NC(=O)Nc4cc(C(C)(C)CO[Si](c5ccccc5)(c5ccccc5)C(C)(C)C)nn4-c4cccc(OCCN(C)C)c4)c4ccccc43)cn12. The van der Waals surface area contributed by atoms with Gasteiger partial charge in [0.05, 0.1) is 23.6 Å². The third-order valence-corrected chi connectivity index (χ3v) is 19.0. The topological polar surface area (TPSA) is 123 Å². The van der Waals surface area contributed by atoms with Crippen LogP contribution in [0.2, 0.25) is 5.04 Å². The number of aromatic nitrogens is 5. The molecule has 13 nitrogen and oxygen atoms in total. The fourth-order valence-corrected chi connectivity index (χ4v) is 14.9. The molecule has 1 aliphatic heterocycles. The number of nitrogens with zero attached hydrogens (tertiary/aromatic N) is 7. The van der Waals surface area contributed by atoms with Crippen LogP contribution in [0.15, 0.2) is 134 Å². The summed E-state index contributed by atoms with van der Waals surface area (Å²) in [7, 11) is 1.18. The van der Waals surface area contributed by atoms with E-state index in [4.69, 9.17) is 19.0 Å². The molecule has 0 bridgehead atoms. The van der Waals surface area contributed by atoms with E-state index in [1.807, 2.05) is 74.9 Å². The normalized spacial score (nSPS) is 17.6. The summed E-state index contributed by atoms with van der Waals surface area (Å²) in [5.41, 5.74) is 3.84. The van der Waals surface area contributed by atoms with Crippen molar-refractivity contribution in [3.05, 3.63) is 150 Å². The van der Waals surface area contributed by atoms with Gasteiger partial charge in [0.25, 0.3) is 8.32 Å². The molecule has 1 saturated heterocycles. The summed E-state index contributed by atoms with van der Waals surface area (Å²) in [4.78, 5) is 18.8. The van der Waals surface area contributed by atoms with Gasteiger partial charge in [0.15, 0.2) is 5.65 Å². The summed E-state index contributed by atoms with van der Waals surface area (Å²) in [6, 6.07) is 43.3. The van der Waals surface area contributed by atoms with Gasteiger partial charge >= 0.3 is 6.03 Å². The molecule has 0 spiro atoms. The van der Waals surface area contributed by atoms with Crippen LogP contribution in [0.5, 0.6) is 11.5 Å². The fraction of sp³-hybridized carbons (Fsp3) is 0.393. The predicted octanol–water partition coefficient (Wildman–Crippen LogP) is 9.87. The highest BCUT2D eigenvalue weighted by Gasteiger charge is 2.51. The molecular formula is C56H69N9O4Si. The molecule has 9 rings (SSSR count). The molecule has 366 valence electrons. The minimum atomic E-state index is -2.87. The highest BCUT2D eigenvalue weighted by atomic mass is 28.4. The Morgan fingerprint density at radius 1 is 0.786 bits per heavy atom. The third-order valence-electron chi connectivity index (χ3n) is 14.0. The molecule has 1 fully saturated rings. The highest BCUT2D eigenvalue weighted by Crippen LogP contribution is 2.41. The summed E-state index contributed by atoms with van der Waals surface area (Å²) in [6.45, 7) is 16.1. The van der Waals surface area contributed by atoms with Crippen molar-refractivity contribution in [3.8, 4) is 17.2 Å². The van der Waals surface area contributed by atoms with Gasteiger partial charge in [0.2, 0.25) is 5.95 Å². The molecule has 4 heterocycles. The summed E-state index contributed by atoms with van der Waals surface area (Å²) in [6.07, 6.45) is 6.72. The molecule has 14 heteroatoms. The second-order valence-electron chi connectivity index (χ2n) is 20.9. The number of benzene rings is 4. The van der Waals surface area contributed by atoms with Crippen LogP contribution in [-0.2, 0) is 9.84 Å². The Kier molecular flexibility index (Phi) is 14.2. The van der Waals surface area contributed by atoms with Gasteiger partial charge < -0.3 is 29.0 Å². The van der Waals surface area contributed by atoms with Crippen molar-refractivity contribution in [2.45, 2.75) is 102 Å². The smallest absolute Gasteiger partial charge is 0.320 e. The van der Waals surface area contributed by atoms with Crippen LogP contribution in [0.3, 0.4) is 0 Å². The van der Waals surface area contributed by atoms with Crippen molar-refractivity contribution >= 4 is 42.1 Å². The Morgan fingerprint density at radius 2 is 1.50 bits per heavy atom. The lowest BCUT2D eigenvalue weighted by molar-refractivity contribution is 0.171. The number of carbonyl (C=O) groups excluding carboxylic acids is 1. The van der Waals surface area contributed by atoms with Crippen LogP contribution < -0.4 is 35.4 Å². The molecule has 3 aromatic heterocycles. The number of likely N-dealkylation sites (N-methyl/N-ethyl adjacent to an activating group) is 1. The van der Waals surface area contributed by atoms with Crippen LogP contribution in [0.25, 0.3) is 11.3 Å². The number of carbonyl (C=O) groups is 1. The van der Waals surface area contributed by atoms with Crippen molar-refractivity contribution in [1.29, 1.82) is 0 Å². The Balaban J connectivity index is 0.975. The zero-order valence-electron chi connectivity index (χ0n) is 42.1. The van der Waals surface area contributed by atoms with E-state index in [1.165, 1.54) is 16.8 Å². The van der Waals surface area contributed by atoms with E-state index in [0.29, 0.717) is 37.9 Å². The number of anilines is 2. The first-order valence-corrected chi connectivity index (χ1v) is 26.8. The minimum Gasteiger partial charge on any atom is -0.492 e. The van der Waals surface area contributed by atoms with Crippen LogP contribution in [0.4, 0.5) is 16.6 Å². The average molecular weight is 960 g/mol.